The maximum atomic E-state index is 12.4. The van der Waals surface area contributed by atoms with Gasteiger partial charge in [0.1, 0.15) is 12.0 Å². The molecule has 2 unspecified atom stereocenters. The minimum Gasteiger partial charge on any atom is -0.394 e. The highest BCUT2D eigenvalue weighted by Gasteiger charge is 2.35. The first-order valence-electron chi connectivity index (χ1n) is 6.27. The fourth-order valence-electron chi connectivity index (χ4n) is 2.43. The Morgan fingerprint density at radius 3 is 3.00 bits per heavy atom. The molecule has 1 aliphatic rings. The maximum absolute atomic E-state index is 12.4. The number of rotatable bonds is 3. The molecular weight excluding hydrogens is 264 g/mol. The number of nitro groups is 1. The summed E-state index contributed by atoms with van der Waals surface area (Å²) in [5.41, 5.74) is 5.36. The van der Waals surface area contributed by atoms with Crippen molar-refractivity contribution in [3.8, 4) is 0 Å². The first-order valence-corrected chi connectivity index (χ1v) is 6.27. The van der Waals surface area contributed by atoms with Crippen molar-refractivity contribution in [2.75, 3.05) is 18.9 Å². The van der Waals surface area contributed by atoms with Gasteiger partial charge in [0.05, 0.1) is 23.1 Å². The fraction of sp³-hybridized carbons (Fsp3) is 0.500. The number of pyridine rings is 1. The van der Waals surface area contributed by atoms with E-state index < -0.39 is 10.8 Å². The van der Waals surface area contributed by atoms with E-state index in [9.17, 15) is 20.0 Å². The number of carbonyl (C=O) groups excluding carboxylic acids is 1. The molecule has 0 saturated carbocycles. The molecule has 0 radical (unpaired) electrons. The Bertz CT molecular complexity index is 548. The summed E-state index contributed by atoms with van der Waals surface area (Å²) in [6.07, 6.45) is 1.79. The van der Waals surface area contributed by atoms with Crippen molar-refractivity contribution in [2.45, 2.75) is 19.4 Å². The Morgan fingerprint density at radius 1 is 1.70 bits per heavy atom. The van der Waals surface area contributed by atoms with Crippen LogP contribution in [-0.4, -0.2) is 45.0 Å². The Morgan fingerprint density at radius 2 is 2.40 bits per heavy atom. The lowest BCUT2D eigenvalue weighted by atomic mass is 10.0. The van der Waals surface area contributed by atoms with Gasteiger partial charge in [0.2, 0.25) is 0 Å². The molecule has 0 aliphatic carbocycles. The van der Waals surface area contributed by atoms with Gasteiger partial charge >= 0.3 is 0 Å². The average molecular weight is 280 g/mol. The van der Waals surface area contributed by atoms with E-state index in [2.05, 4.69) is 4.98 Å². The Balaban J connectivity index is 2.33. The highest BCUT2D eigenvalue weighted by molar-refractivity contribution is 5.99. The van der Waals surface area contributed by atoms with Gasteiger partial charge in [-0.2, -0.15) is 0 Å². The number of aliphatic hydroxyl groups is 1. The Kier molecular flexibility index (Phi) is 3.84. The van der Waals surface area contributed by atoms with Crippen molar-refractivity contribution >= 4 is 17.4 Å². The van der Waals surface area contributed by atoms with Crippen molar-refractivity contribution in [3.05, 3.63) is 27.9 Å². The second-order valence-corrected chi connectivity index (χ2v) is 4.90. The molecule has 8 heteroatoms. The zero-order chi connectivity index (χ0) is 14.9. The van der Waals surface area contributed by atoms with Crippen LogP contribution in [0.4, 0.5) is 11.5 Å². The van der Waals surface area contributed by atoms with Crippen LogP contribution in [0, 0.1) is 16.0 Å². The van der Waals surface area contributed by atoms with Crippen LogP contribution in [0.3, 0.4) is 0 Å². The molecule has 1 amide bonds. The molecule has 2 heterocycles. The summed E-state index contributed by atoms with van der Waals surface area (Å²) < 4.78 is 0. The predicted octanol–water partition coefficient (Wildman–Crippen LogP) is 0.415. The van der Waals surface area contributed by atoms with Crippen LogP contribution in [-0.2, 0) is 0 Å². The van der Waals surface area contributed by atoms with E-state index in [-0.39, 0.29) is 35.6 Å². The molecule has 0 spiro atoms. The topological polar surface area (TPSA) is 123 Å². The highest BCUT2D eigenvalue weighted by atomic mass is 16.6. The largest absolute Gasteiger partial charge is 0.394 e. The van der Waals surface area contributed by atoms with Crippen LogP contribution in [0.5, 0.6) is 0 Å². The molecule has 1 aliphatic heterocycles. The van der Waals surface area contributed by atoms with Gasteiger partial charge in [0.15, 0.2) is 0 Å². The molecule has 108 valence electrons. The number of likely N-dealkylation sites (tertiary alicyclic amines) is 1. The number of nitrogens with two attached hydrogens (primary N) is 1. The Hall–Kier alpha value is -2.22. The van der Waals surface area contributed by atoms with Crippen molar-refractivity contribution in [1.29, 1.82) is 0 Å². The molecule has 1 aromatic rings. The summed E-state index contributed by atoms with van der Waals surface area (Å²) in [6, 6.07) is 0.836. The molecule has 8 nitrogen and oxygen atoms in total. The number of carbonyl (C=O) groups is 1. The SMILES string of the molecule is CC1CCN(C(=O)c2cc([N+](=O)[O-])cnc2N)C1CO. The molecule has 2 rings (SSSR count). The van der Waals surface area contributed by atoms with Gasteiger partial charge in [0.25, 0.3) is 11.6 Å². The number of anilines is 1. The molecule has 3 N–H and O–H groups in total. The standard InChI is InChI=1S/C12H16N4O4/c1-7-2-3-15(10(7)6-17)12(18)9-4-8(16(19)20)5-14-11(9)13/h4-5,7,10,17H,2-3,6H2,1H3,(H2,13,14). The fourth-order valence-corrected chi connectivity index (χ4v) is 2.43. The Labute approximate surface area is 115 Å². The first-order chi connectivity index (χ1) is 9.45. The molecule has 1 saturated heterocycles. The van der Waals surface area contributed by atoms with E-state index in [1.807, 2.05) is 6.92 Å². The first kappa shape index (κ1) is 14.2. The van der Waals surface area contributed by atoms with Crippen LogP contribution < -0.4 is 5.73 Å². The lowest BCUT2D eigenvalue weighted by Crippen LogP contribution is -2.40. The molecule has 1 aromatic heterocycles. The van der Waals surface area contributed by atoms with Crippen molar-refractivity contribution in [2.24, 2.45) is 5.92 Å². The van der Waals surface area contributed by atoms with Crippen molar-refractivity contribution < 1.29 is 14.8 Å². The van der Waals surface area contributed by atoms with E-state index >= 15 is 0 Å². The third-order valence-corrected chi connectivity index (χ3v) is 3.68. The highest BCUT2D eigenvalue weighted by Crippen LogP contribution is 2.27. The predicted molar refractivity (Wildman–Crippen MR) is 71.0 cm³/mol. The molecular formula is C12H16N4O4. The van der Waals surface area contributed by atoms with E-state index in [4.69, 9.17) is 5.73 Å². The van der Waals surface area contributed by atoms with E-state index in [0.717, 1.165) is 18.7 Å². The average Bonchev–Trinajstić information content (AvgIpc) is 2.79. The van der Waals surface area contributed by atoms with Crippen LogP contribution in [0.2, 0.25) is 0 Å². The number of hydrogen-bond donors (Lipinski definition) is 2. The number of amides is 1. The van der Waals surface area contributed by atoms with E-state index in [1.54, 1.807) is 0 Å². The number of aliphatic hydroxyl groups excluding tert-OH is 1. The number of nitrogen functional groups attached to an aromatic ring is 1. The molecule has 0 aromatic carbocycles. The van der Waals surface area contributed by atoms with Crippen LogP contribution in [0.25, 0.3) is 0 Å². The zero-order valence-corrected chi connectivity index (χ0v) is 11.0. The number of nitrogens with zero attached hydrogens (tertiary/aromatic N) is 3. The summed E-state index contributed by atoms with van der Waals surface area (Å²) in [5, 5.41) is 20.1. The molecule has 1 fully saturated rings. The van der Waals surface area contributed by atoms with E-state index in [0.29, 0.717) is 6.54 Å². The monoisotopic (exact) mass is 280 g/mol. The molecule has 0 bridgehead atoms. The lowest BCUT2D eigenvalue weighted by molar-refractivity contribution is -0.385. The summed E-state index contributed by atoms with van der Waals surface area (Å²) in [4.78, 5) is 27.7. The van der Waals surface area contributed by atoms with Gasteiger partial charge in [-0.1, -0.05) is 6.92 Å². The summed E-state index contributed by atoms with van der Waals surface area (Å²) in [6.45, 7) is 2.30. The molecule has 2 atom stereocenters. The van der Waals surface area contributed by atoms with Gasteiger partial charge < -0.3 is 15.7 Å². The minimum absolute atomic E-state index is 0.00625. The van der Waals surface area contributed by atoms with E-state index in [1.165, 1.54) is 4.90 Å². The van der Waals surface area contributed by atoms with Gasteiger partial charge in [-0.05, 0) is 12.3 Å². The second kappa shape index (κ2) is 5.41. The van der Waals surface area contributed by atoms with Gasteiger partial charge in [-0.25, -0.2) is 4.98 Å². The van der Waals surface area contributed by atoms with Crippen LogP contribution >= 0.6 is 0 Å². The zero-order valence-electron chi connectivity index (χ0n) is 11.0. The lowest BCUT2D eigenvalue weighted by Gasteiger charge is -2.25. The normalized spacial score (nSPS) is 22.0. The smallest absolute Gasteiger partial charge is 0.288 e. The third kappa shape index (κ3) is 2.42. The maximum Gasteiger partial charge on any atom is 0.288 e. The van der Waals surface area contributed by atoms with Crippen LogP contribution in [0.15, 0.2) is 12.3 Å². The van der Waals surface area contributed by atoms with Crippen LogP contribution in [0.1, 0.15) is 23.7 Å². The van der Waals surface area contributed by atoms with Gasteiger partial charge in [-0.15, -0.1) is 0 Å². The van der Waals surface area contributed by atoms with Gasteiger partial charge in [0, 0.05) is 12.6 Å². The molecule has 20 heavy (non-hydrogen) atoms. The van der Waals surface area contributed by atoms with Gasteiger partial charge in [-0.3, -0.25) is 14.9 Å². The van der Waals surface area contributed by atoms with Crippen molar-refractivity contribution in [3.63, 3.8) is 0 Å². The van der Waals surface area contributed by atoms with Crippen molar-refractivity contribution in [1.82, 2.24) is 9.88 Å². The second-order valence-electron chi connectivity index (χ2n) is 4.90. The quantitative estimate of drug-likeness (QED) is 0.611. The summed E-state index contributed by atoms with van der Waals surface area (Å²) >= 11 is 0. The summed E-state index contributed by atoms with van der Waals surface area (Å²) in [5.74, 6) is -0.296. The number of hydrogen-bond acceptors (Lipinski definition) is 6. The third-order valence-electron chi connectivity index (χ3n) is 3.68. The number of aromatic nitrogens is 1. The summed E-state index contributed by atoms with van der Waals surface area (Å²) in [7, 11) is 0. The minimum atomic E-state index is -0.626.